The third-order valence-electron chi connectivity index (χ3n) is 4.23. The summed E-state index contributed by atoms with van der Waals surface area (Å²) in [6, 6.07) is 16.0. The van der Waals surface area contributed by atoms with Crippen LogP contribution in [0.2, 0.25) is 0 Å². The molecule has 2 aromatic carbocycles. The third-order valence-corrected chi connectivity index (χ3v) is 5.63. The Morgan fingerprint density at radius 1 is 1.04 bits per heavy atom. The summed E-state index contributed by atoms with van der Waals surface area (Å²) < 4.78 is 48.1. The van der Waals surface area contributed by atoms with Crippen molar-refractivity contribution >= 4 is 15.5 Å². The molecule has 6 heteroatoms. The highest BCUT2D eigenvalue weighted by Gasteiger charge is 2.37. The molecule has 0 radical (unpaired) electrons. The lowest BCUT2D eigenvalue weighted by Crippen LogP contribution is -2.48. The number of sulfone groups is 1. The van der Waals surface area contributed by atoms with Crippen LogP contribution >= 0.6 is 0 Å². The lowest BCUT2D eigenvalue weighted by molar-refractivity contribution is 0.234. The van der Waals surface area contributed by atoms with Gasteiger partial charge in [0.15, 0.2) is 0 Å². The molecule has 3 nitrogen and oxygen atoms in total. The van der Waals surface area contributed by atoms with Gasteiger partial charge in [0, 0.05) is 12.2 Å². The smallest absolute Gasteiger partial charge is 0.341 e. The molecule has 1 heterocycles. The molecule has 23 heavy (non-hydrogen) atoms. The van der Waals surface area contributed by atoms with Gasteiger partial charge in [0.25, 0.3) is 0 Å². The summed E-state index contributed by atoms with van der Waals surface area (Å²) >= 11 is 0. The van der Waals surface area contributed by atoms with Crippen LogP contribution in [0.3, 0.4) is 0 Å². The average molecular weight is 337 g/mol. The number of alkyl halides is 2. The molecule has 1 aliphatic rings. The summed E-state index contributed by atoms with van der Waals surface area (Å²) in [6.45, 7) is 3.00. The fourth-order valence-electron chi connectivity index (χ4n) is 3.05. The minimum Gasteiger partial charge on any atom is -0.364 e. The van der Waals surface area contributed by atoms with Crippen molar-refractivity contribution in [2.45, 2.75) is 23.6 Å². The molecule has 1 aliphatic heterocycles. The predicted molar refractivity (Wildman–Crippen MR) is 85.3 cm³/mol. The van der Waals surface area contributed by atoms with Crippen molar-refractivity contribution in [3.05, 3.63) is 60.2 Å². The first kappa shape index (κ1) is 15.9. The zero-order valence-corrected chi connectivity index (χ0v) is 13.4. The fourth-order valence-corrected chi connectivity index (χ4v) is 3.77. The molecule has 0 aromatic heterocycles. The predicted octanol–water partition coefficient (Wildman–Crippen LogP) is 3.88. The van der Waals surface area contributed by atoms with Gasteiger partial charge < -0.3 is 4.90 Å². The van der Waals surface area contributed by atoms with Gasteiger partial charge >= 0.3 is 5.76 Å². The molecule has 1 fully saturated rings. The van der Waals surface area contributed by atoms with Crippen LogP contribution in [0.15, 0.2) is 59.5 Å². The maximum Gasteiger partial charge on any atom is 0.341 e. The van der Waals surface area contributed by atoms with E-state index in [1.54, 1.807) is 12.1 Å². The van der Waals surface area contributed by atoms with E-state index in [0.717, 1.165) is 12.2 Å². The van der Waals surface area contributed by atoms with Crippen molar-refractivity contribution in [3.63, 3.8) is 0 Å². The third kappa shape index (κ3) is 2.83. The minimum atomic E-state index is -4.54. The van der Waals surface area contributed by atoms with Gasteiger partial charge in [-0.3, -0.25) is 0 Å². The van der Waals surface area contributed by atoms with Gasteiger partial charge in [0.2, 0.25) is 9.84 Å². The second-order valence-electron chi connectivity index (χ2n) is 5.78. The lowest BCUT2D eigenvalue weighted by Gasteiger charge is -2.48. The maximum atomic E-state index is 12.6. The van der Waals surface area contributed by atoms with Crippen molar-refractivity contribution in [1.29, 1.82) is 0 Å². The molecule has 0 amide bonds. The number of hydrogen-bond acceptors (Lipinski definition) is 3. The molecule has 2 aromatic rings. The van der Waals surface area contributed by atoms with Crippen molar-refractivity contribution in [2.24, 2.45) is 5.92 Å². The van der Waals surface area contributed by atoms with Crippen molar-refractivity contribution < 1.29 is 17.2 Å². The van der Waals surface area contributed by atoms with E-state index < -0.39 is 15.6 Å². The van der Waals surface area contributed by atoms with Gasteiger partial charge in [0.1, 0.15) is 0 Å². The summed E-state index contributed by atoms with van der Waals surface area (Å²) in [4.78, 5) is 1.81. The van der Waals surface area contributed by atoms with Crippen LogP contribution in [0.4, 0.5) is 14.5 Å². The number of hydrogen-bond donors (Lipinski definition) is 0. The first-order valence-corrected chi connectivity index (χ1v) is 8.89. The highest BCUT2D eigenvalue weighted by atomic mass is 32.2. The Morgan fingerprint density at radius 3 is 2.17 bits per heavy atom. The Labute approximate surface area is 134 Å². The van der Waals surface area contributed by atoms with Crippen molar-refractivity contribution in [3.8, 4) is 0 Å². The maximum absolute atomic E-state index is 12.6. The van der Waals surface area contributed by atoms with Gasteiger partial charge in [-0.2, -0.15) is 8.78 Å². The summed E-state index contributed by atoms with van der Waals surface area (Å²) in [5, 5.41) is 0. The molecule has 0 N–H and O–H groups in total. The molecule has 1 saturated heterocycles. The van der Waals surface area contributed by atoms with Crippen molar-refractivity contribution in [2.75, 3.05) is 11.4 Å². The molecular formula is C17H17F2NO2S. The highest BCUT2D eigenvalue weighted by Crippen LogP contribution is 2.42. The van der Waals surface area contributed by atoms with E-state index in [-0.39, 0.29) is 10.9 Å². The molecule has 122 valence electrons. The van der Waals surface area contributed by atoms with E-state index in [0.29, 0.717) is 5.92 Å². The Balaban J connectivity index is 1.86. The molecule has 0 spiro atoms. The molecule has 3 rings (SSSR count). The van der Waals surface area contributed by atoms with Crippen LogP contribution in [0.5, 0.6) is 0 Å². The fraction of sp³-hybridized carbons (Fsp3) is 0.294. The Kier molecular flexibility index (Phi) is 4.10. The van der Waals surface area contributed by atoms with Crippen LogP contribution in [-0.4, -0.2) is 20.7 Å². The summed E-state index contributed by atoms with van der Waals surface area (Å²) in [6.07, 6.45) is 0. The van der Waals surface area contributed by atoms with Crippen LogP contribution in [0.25, 0.3) is 0 Å². The van der Waals surface area contributed by atoms with Crippen LogP contribution < -0.4 is 4.90 Å². The Hall–Kier alpha value is -1.95. The second-order valence-corrected chi connectivity index (χ2v) is 7.70. The number of anilines is 1. The zero-order valence-electron chi connectivity index (χ0n) is 12.6. The average Bonchev–Trinajstić information content (AvgIpc) is 2.53. The van der Waals surface area contributed by atoms with Crippen LogP contribution in [-0.2, 0) is 9.84 Å². The quantitative estimate of drug-likeness (QED) is 0.850. The van der Waals surface area contributed by atoms with Crippen molar-refractivity contribution in [1.82, 2.24) is 0 Å². The Morgan fingerprint density at radius 2 is 1.65 bits per heavy atom. The van der Waals surface area contributed by atoms with Gasteiger partial charge in [-0.05, 0) is 35.7 Å². The standard InChI is InChI=1S/C17H17F2NO2S/c1-12-11-20(16(12)13-5-3-2-4-6-13)14-7-9-15(10-8-14)23(21,22)17(18)19/h2-10,12,16-17H,11H2,1H3. The molecule has 0 saturated carbocycles. The monoisotopic (exact) mass is 337 g/mol. The van der Waals surface area contributed by atoms with Gasteiger partial charge in [-0.1, -0.05) is 37.3 Å². The topological polar surface area (TPSA) is 37.4 Å². The van der Waals surface area contributed by atoms with Gasteiger partial charge in [-0.15, -0.1) is 0 Å². The van der Waals surface area contributed by atoms with Crippen LogP contribution in [0, 0.1) is 5.92 Å². The molecular weight excluding hydrogens is 320 g/mol. The normalized spacial score (nSPS) is 21.3. The number of halogens is 2. The SMILES string of the molecule is CC1CN(c2ccc(S(=O)(=O)C(F)F)cc2)C1c1ccccc1. The molecule has 2 atom stereocenters. The molecule has 0 aliphatic carbocycles. The van der Waals surface area contributed by atoms with E-state index >= 15 is 0 Å². The van der Waals surface area contributed by atoms with Gasteiger partial charge in [-0.25, -0.2) is 8.42 Å². The number of nitrogens with zero attached hydrogens (tertiary/aromatic N) is 1. The highest BCUT2D eigenvalue weighted by molar-refractivity contribution is 7.91. The lowest BCUT2D eigenvalue weighted by atomic mass is 9.84. The minimum absolute atomic E-state index is 0.216. The van der Waals surface area contributed by atoms with E-state index in [1.165, 1.54) is 17.7 Å². The summed E-state index contributed by atoms with van der Waals surface area (Å²) in [5.74, 6) is -2.92. The molecule has 0 bridgehead atoms. The summed E-state index contributed by atoms with van der Waals surface area (Å²) in [7, 11) is -4.54. The molecule has 2 unspecified atom stereocenters. The largest absolute Gasteiger partial charge is 0.364 e. The van der Waals surface area contributed by atoms with E-state index in [9.17, 15) is 17.2 Å². The first-order valence-electron chi connectivity index (χ1n) is 7.35. The van der Waals surface area contributed by atoms with E-state index in [4.69, 9.17) is 0 Å². The summed E-state index contributed by atoms with van der Waals surface area (Å²) in [5.41, 5.74) is 2.03. The second kappa shape index (κ2) is 5.92. The van der Waals surface area contributed by atoms with E-state index in [1.807, 2.05) is 18.2 Å². The number of rotatable bonds is 4. The van der Waals surface area contributed by atoms with Gasteiger partial charge in [0.05, 0.1) is 10.9 Å². The Bertz CT molecular complexity index is 776. The van der Waals surface area contributed by atoms with E-state index in [2.05, 4.69) is 24.0 Å². The van der Waals surface area contributed by atoms with Crippen LogP contribution in [0.1, 0.15) is 18.5 Å². The number of benzene rings is 2. The zero-order chi connectivity index (χ0) is 16.6. The first-order chi connectivity index (χ1) is 10.9.